The molecule has 3 aromatic rings. The van der Waals surface area contributed by atoms with Gasteiger partial charge in [-0.2, -0.15) is 0 Å². The molecule has 1 aromatic heterocycles. The number of aryl methyl sites for hydroxylation is 2. The Labute approximate surface area is 176 Å². The molecule has 1 amide bonds. The lowest BCUT2D eigenvalue weighted by atomic mass is 10.1. The maximum atomic E-state index is 12.7. The lowest BCUT2D eigenvalue weighted by Crippen LogP contribution is -2.28. The van der Waals surface area contributed by atoms with E-state index < -0.39 is 0 Å². The van der Waals surface area contributed by atoms with Crippen molar-refractivity contribution in [1.29, 1.82) is 0 Å². The van der Waals surface area contributed by atoms with Crippen molar-refractivity contribution in [2.45, 2.75) is 32.1 Å². The molecule has 0 fully saturated rings. The molecule has 0 atom stereocenters. The largest absolute Gasteiger partial charge is 0.341 e. The highest BCUT2D eigenvalue weighted by Gasteiger charge is 2.17. The second kappa shape index (κ2) is 9.56. The SMILES string of the molecule is C=CCn1c(SCC(=O)N(C)Cc2ccccc2C)nnc1-c1cccc(C)c1. The highest BCUT2D eigenvalue weighted by molar-refractivity contribution is 7.99. The summed E-state index contributed by atoms with van der Waals surface area (Å²) in [5.74, 6) is 1.16. The topological polar surface area (TPSA) is 51.0 Å². The van der Waals surface area contributed by atoms with Crippen LogP contribution in [0.1, 0.15) is 16.7 Å². The molecule has 0 saturated heterocycles. The van der Waals surface area contributed by atoms with Crippen LogP contribution in [-0.4, -0.2) is 38.4 Å². The summed E-state index contributed by atoms with van der Waals surface area (Å²) in [6, 6.07) is 16.3. The number of carbonyl (C=O) groups excluding carboxylic acids is 1. The summed E-state index contributed by atoms with van der Waals surface area (Å²) >= 11 is 1.41. The number of hydrogen-bond acceptors (Lipinski definition) is 4. The van der Waals surface area contributed by atoms with Crippen LogP contribution in [0.3, 0.4) is 0 Å². The molecule has 0 unspecified atom stereocenters. The third kappa shape index (κ3) is 5.15. The molecule has 1 heterocycles. The average molecular weight is 407 g/mol. The van der Waals surface area contributed by atoms with Crippen LogP contribution in [0.5, 0.6) is 0 Å². The lowest BCUT2D eigenvalue weighted by molar-refractivity contribution is -0.127. The van der Waals surface area contributed by atoms with Crippen LogP contribution in [0.2, 0.25) is 0 Å². The molecular weight excluding hydrogens is 380 g/mol. The van der Waals surface area contributed by atoms with Crippen molar-refractivity contribution in [2.75, 3.05) is 12.8 Å². The van der Waals surface area contributed by atoms with E-state index in [2.05, 4.69) is 54.9 Å². The van der Waals surface area contributed by atoms with Crippen LogP contribution >= 0.6 is 11.8 Å². The fraction of sp³-hybridized carbons (Fsp3) is 0.261. The molecule has 150 valence electrons. The number of aromatic nitrogens is 3. The van der Waals surface area contributed by atoms with Crippen molar-refractivity contribution in [3.8, 4) is 11.4 Å². The van der Waals surface area contributed by atoms with Crippen molar-refractivity contribution < 1.29 is 4.79 Å². The fourth-order valence-corrected chi connectivity index (χ4v) is 3.94. The van der Waals surface area contributed by atoms with E-state index in [0.717, 1.165) is 27.7 Å². The van der Waals surface area contributed by atoms with E-state index in [-0.39, 0.29) is 5.91 Å². The Morgan fingerprint density at radius 1 is 1.17 bits per heavy atom. The summed E-state index contributed by atoms with van der Waals surface area (Å²) < 4.78 is 2.00. The number of allylic oxidation sites excluding steroid dienone is 1. The Kier molecular flexibility index (Phi) is 6.88. The summed E-state index contributed by atoms with van der Waals surface area (Å²) in [7, 11) is 1.84. The second-order valence-electron chi connectivity index (χ2n) is 7.04. The number of benzene rings is 2. The average Bonchev–Trinajstić information content (AvgIpc) is 3.10. The zero-order chi connectivity index (χ0) is 20.8. The molecule has 0 aliphatic carbocycles. The molecule has 3 rings (SSSR count). The number of nitrogens with zero attached hydrogens (tertiary/aromatic N) is 4. The second-order valence-corrected chi connectivity index (χ2v) is 7.98. The lowest BCUT2D eigenvalue weighted by Gasteiger charge is -2.18. The Balaban J connectivity index is 1.70. The minimum absolute atomic E-state index is 0.0588. The monoisotopic (exact) mass is 406 g/mol. The van der Waals surface area contributed by atoms with Crippen molar-refractivity contribution >= 4 is 17.7 Å². The van der Waals surface area contributed by atoms with Gasteiger partial charge in [-0.05, 0) is 31.0 Å². The number of rotatable bonds is 8. The van der Waals surface area contributed by atoms with E-state index in [0.29, 0.717) is 18.8 Å². The molecule has 0 bridgehead atoms. The van der Waals surface area contributed by atoms with Gasteiger partial charge in [0.2, 0.25) is 5.91 Å². The summed E-state index contributed by atoms with van der Waals surface area (Å²) in [5, 5.41) is 9.42. The van der Waals surface area contributed by atoms with Crippen LogP contribution in [0.15, 0.2) is 66.3 Å². The summed E-state index contributed by atoms with van der Waals surface area (Å²) in [4.78, 5) is 14.4. The van der Waals surface area contributed by atoms with Gasteiger partial charge in [0.1, 0.15) is 0 Å². The number of hydrogen-bond donors (Lipinski definition) is 0. The zero-order valence-corrected chi connectivity index (χ0v) is 17.9. The van der Waals surface area contributed by atoms with Crippen molar-refractivity contribution in [1.82, 2.24) is 19.7 Å². The zero-order valence-electron chi connectivity index (χ0n) is 17.1. The Bertz CT molecular complexity index is 1010. The first-order chi connectivity index (χ1) is 14.0. The molecule has 2 aromatic carbocycles. The maximum absolute atomic E-state index is 12.7. The van der Waals surface area contributed by atoms with Crippen LogP contribution < -0.4 is 0 Å². The predicted octanol–water partition coefficient (Wildman–Crippen LogP) is 4.50. The van der Waals surface area contributed by atoms with Crippen molar-refractivity contribution in [3.63, 3.8) is 0 Å². The number of amides is 1. The van der Waals surface area contributed by atoms with E-state index in [1.807, 2.05) is 42.0 Å². The molecular formula is C23H26N4OS. The summed E-state index contributed by atoms with van der Waals surface area (Å²) in [6.07, 6.45) is 1.82. The Morgan fingerprint density at radius 3 is 2.69 bits per heavy atom. The maximum Gasteiger partial charge on any atom is 0.233 e. The predicted molar refractivity (Wildman–Crippen MR) is 119 cm³/mol. The van der Waals surface area contributed by atoms with Gasteiger partial charge in [-0.25, -0.2) is 0 Å². The molecule has 0 N–H and O–H groups in total. The van der Waals surface area contributed by atoms with Gasteiger partial charge in [-0.1, -0.05) is 65.9 Å². The van der Waals surface area contributed by atoms with Gasteiger partial charge >= 0.3 is 0 Å². The molecule has 0 radical (unpaired) electrons. The first-order valence-corrected chi connectivity index (χ1v) is 10.5. The van der Waals surface area contributed by atoms with Gasteiger partial charge in [0.25, 0.3) is 0 Å². The van der Waals surface area contributed by atoms with Gasteiger partial charge in [0.05, 0.1) is 5.75 Å². The van der Waals surface area contributed by atoms with E-state index in [1.165, 1.54) is 17.3 Å². The van der Waals surface area contributed by atoms with E-state index in [9.17, 15) is 4.79 Å². The molecule has 0 saturated carbocycles. The number of carbonyl (C=O) groups is 1. The summed E-state index contributed by atoms with van der Waals surface area (Å²) in [6.45, 7) is 9.15. The van der Waals surface area contributed by atoms with Crippen molar-refractivity contribution in [3.05, 3.63) is 77.9 Å². The van der Waals surface area contributed by atoms with E-state index >= 15 is 0 Å². The minimum Gasteiger partial charge on any atom is -0.341 e. The summed E-state index contributed by atoms with van der Waals surface area (Å²) in [5.41, 5.74) is 4.52. The Hall–Kier alpha value is -2.86. The molecule has 0 spiro atoms. The smallest absolute Gasteiger partial charge is 0.233 e. The Morgan fingerprint density at radius 2 is 1.97 bits per heavy atom. The number of thioether (sulfide) groups is 1. The molecule has 5 nitrogen and oxygen atoms in total. The van der Waals surface area contributed by atoms with Gasteiger partial charge in [0.15, 0.2) is 11.0 Å². The van der Waals surface area contributed by atoms with Gasteiger partial charge in [-0.3, -0.25) is 9.36 Å². The first kappa shape index (κ1) is 20.9. The molecule has 0 aliphatic rings. The minimum atomic E-state index is 0.0588. The van der Waals surface area contributed by atoms with E-state index in [1.54, 1.807) is 4.90 Å². The van der Waals surface area contributed by atoms with Crippen LogP contribution in [0.25, 0.3) is 11.4 Å². The van der Waals surface area contributed by atoms with Crippen molar-refractivity contribution in [2.24, 2.45) is 0 Å². The van der Waals surface area contributed by atoms with Gasteiger partial charge < -0.3 is 4.90 Å². The molecule has 0 aliphatic heterocycles. The third-order valence-corrected chi connectivity index (χ3v) is 5.68. The third-order valence-electron chi connectivity index (χ3n) is 4.72. The van der Waals surface area contributed by atoms with Gasteiger partial charge in [0, 0.05) is 25.7 Å². The standard InChI is InChI=1S/C23H26N4OS/c1-5-13-27-22(19-12-8-9-17(2)14-19)24-25-23(27)29-16-21(28)26(4)15-20-11-7-6-10-18(20)3/h5-12,14H,1,13,15-16H2,2-4H3. The molecule has 6 heteroatoms. The first-order valence-electron chi connectivity index (χ1n) is 9.52. The quantitative estimate of drug-likeness (QED) is 0.408. The van der Waals surface area contributed by atoms with E-state index in [4.69, 9.17) is 0 Å². The van der Waals surface area contributed by atoms with Crippen LogP contribution in [0.4, 0.5) is 0 Å². The highest BCUT2D eigenvalue weighted by atomic mass is 32.2. The van der Waals surface area contributed by atoms with Crippen LogP contribution in [0, 0.1) is 13.8 Å². The van der Waals surface area contributed by atoms with Gasteiger partial charge in [-0.15, -0.1) is 16.8 Å². The fourth-order valence-electron chi connectivity index (χ4n) is 3.05. The normalized spacial score (nSPS) is 10.7. The molecule has 29 heavy (non-hydrogen) atoms. The highest BCUT2D eigenvalue weighted by Crippen LogP contribution is 2.25. The van der Waals surface area contributed by atoms with Crippen LogP contribution in [-0.2, 0) is 17.9 Å².